The molecule has 1 aliphatic rings. The Kier molecular flexibility index (Phi) is 7.98. The molecule has 33 heavy (non-hydrogen) atoms. The van der Waals surface area contributed by atoms with Crippen molar-refractivity contribution in [3.8, 4) is 0 Å². The minimum Gasteiger partial charge on any atom is -0.354 e. The first-order chi connectivity index (χ1) is 15.5. The summed E-state index contributed by atoms with van der Waals surface area (Å²) in [5.41, 5.74) is 4.75. The third-order valence-corrected chi connectivity index (χ3v) is 9.17. The van der Waals surface area contributed by atoms with Gasteiger partial charge in [0, 0.05) is 25.6 Å². The van der Waals surface area contributed by atoms with Crippen molar-refractivity contribution in [2.24, 2.45) is 5.92 Å². The van der Waals surface area contributed by atoms with E-state index in [1.165, 1.54) is 0 Å². The number of sulfonamides is 1. The van der Waals surface area contributed by atoms with E-state index in [9.17, 15) is 13.2 Å². The van der Waals surface area contributed by atoms with Crippen molar-refractivity contribution in [3.05, 3.63) is 64.2 Å². The Morgan fingerprint density at radius 3 is 2.09 bits per heavy atom. The van der Waals surface area contributed by atoms with Crippen LogP contribution in [0.15, 0.2) is 41.3 Å². The SMILES string of the molecule is Cc1cc(C)c(C)c(S(=O)(=O)N2CCC(C(=O)NC[C@H](c3ccccc3)N(C)C)CC2)c1C. The van der Waals surface area contributed by atoms with Crippen molar-refractivity contribution in [2.45, 2.75) is 51.5 Å². The van der Waals surface area contributed by atoms with Gasteiger partial charge in [-0.1, -0.05) is 36.4 Å². The highest BCUT2D eigenvalue weighted by Crippen LogP contribution is 2.31. The molecule has 0 aromatic heterocycles. The molecular weight excluding hydrogens is 434 g/mol. The molecule has 3 rings (SSSR count). The van der Waals surface area contributed by atoms with E-state index in [-0.39, 0.29) is 17.9 Å². The molecule has 6 nitrogen and oxygen atoms in total. The van der Waals surface area contributed by atoms with Gasteiger partial charge in [0.05, 0.1) is 10.9 Å². The van der Waals surface area contributed by atoms with Gasteiger partial charge in [0.2, 0.25) is 15.9 Å². The van der Waals surface area contributed by atoms with Gasteiger partial charge in [-0.15, -0.1) is 0 Å². The van der Waals surface area contributed by atoms with Gasteiger partial charge in [-0.05, 0) is 82.4 Å². The number of nitrogens with one attached hydrogen (secondary N) is 1. The zero-order valence-corrected chi connectivity index (χ0v) is 21.5. The number of likely N-dealkylation sites (N-methyl/N-ethyl adjacent to an activating group) is 1. The zero-order chi connectivity index (χ0) is 24.3. The van der Waals surface area contributed by atoms with E-state index in [1.54, 1.807) is 4.31 Å². The predicted molar refractivity (Wildman–Crippen MR) is 133 cm³/mol. The second-order valence-electron chi connectivity index (χ2n) is 9.40. The molecule has 7 heteroatoms. The van der Waals surface area contributed by atoms with Crippen LogP contribution in [0.2, 0.25) is 0 Å². The molecule has 1 saturated heterocycles. The lowest BCUT2D eigenvalue weighted by atomic mass is 9.97. The average molecular weight is 472 g/mol. The Morgan fingerprint density at radius 1 is 1.03 bits per heavy atom. The molecular formula is C26H37N3O3S. The van der Waals surface area contributed by atoms with Gasteiger partial charge in [-0.2, -0.15) is 4.31 Å². The molecule has 0 radical (unpaired) electrons. The Balaban J connectivity index is 1.64. The summed E-state index contributed by atoms with van der Waals surface area (Å²) in [5, 5.41) is 3.10. The summed E-state index contributed by atoms with van der Waals surface area (Å²) in [5.74, 6) is -0.162. The highest BCUT2D eigenvalue weighted by Gasteiger charge is 2.34. The molecule has 1 amide bonds. The first kappa shape index (κ1) is 25.4. The minimum absolute atomic E-state index is 0.00795. The molecule has 0 unspecified atom stereocenters. The molecule has 1 aliphatic heterocycles. The maximum absolute atomic E-state index is 13.5. The van der Waals surface area contributed by atoms with E-state index in [1.807, 2.05) is 66.1 Å². The fourth-order valence-electron chi connectivity index (χ4n) is 4.67. The van der Waals surface area contributed by atoms with E-state index >= 15 is 0 Å². The summed E-state index contributed by atoms with van der Waals surface area (Å²) >= 11 is 0. The lowest BCUT2D eigenvalue weighted by Crippen LogP contribution is -2.44. The van der Waals surface area contributed by atoms with Crippen LogP contribution in [0.4, 0.5) is 0 Å². The molecule has 1 atom stereocenters. The topological polar surface area (TPSA) is 69.7 Å². The molecule has 1 fully saturated rings. The number of hydrogen-bond donors (Lipinski definition) is 1. The molecule has 0 spiro atoms. The van der Waals surface area contributed by atoms with Crippen LogP contribution in [0, 0.1) is 33.6 Å². The van der Waals surface area contributed by atoms with E-state index in [0.29, 0.717) is 37.4 Å². The zero-order valence-electron chi connectivity index (χ0n) is 20.7. The van der Waals surface area contributed by atoms with Crippen LogP contribution in [0.1, 0.15) is 46.7 Å². The van der Waals surface area contributed by atoms with Crippen molar-refractivity contribution in [1.82, 2.24) is 14.5 Å². The first-order valence-corrected chi connectivity index (χ1v) is 13.0. The summed E-state index contributed by atoms with van der Waals surface area (Å²) in [7, 11) is 0.413. The third-order valence-electron chi connectivity index (χ3n) is 7.00. The Bertz CT molecular complexity index is 1060. The van der Waals surface area contributed by atoms with Gasteiger partial charge in [0.15, 0.2) is 0 Å². The number of benzene rings is 2. The number of nitrogens with zero attached hydrogens (tertiary/aromatic N) is 2. The number of aryl methyl sites for hydroxylation is 2. The van der Waals surface area contributed by atoms with Gasteiger partial charge in [-0.3, -0.25) is 4.79 Å². The predicted octanol–water partition coefficient (Wildman–Crippen LogP) is 3.74. The van der Waals surface area contributed by atoms with E-state index in [2.05, 4.69) is 22.3 Å². The van der Waals surface area contributed by atoms with E-state index in [4.69, 9.17) is 0 Å². The van der Waals surface area contributed by atoms with E-state index < -0.39 is 10.0 Å². The van der Waals surface area contributed by atoms with E-state index in [0.717, 1.165) is 27.8 Å². The molecule has 0 bridgehead atoms. The van der Waals surface area contributed by atoms with Crippen molar-refractivity contribution >= 4 is 15.9 Å². The van der Waals surface area contributed by atoms with Crippen LogP contribution in [-0.2, 0) is 14.8 Å². The standard InChI is InChI=1S/C26H37N3O3S/c1-18-16-19(2)21(4)25(20(18)3)33(31,32)29-14-12-23(13-15-29)26(30)27-17-24(28(5)6)22-10-8-7-9-11-22/h7-11,16,23-24H,12-15,17H2,1-6H3,(H,27,30)/t24-/m1/s1. The number of carbonyl (C=O) groups excluding carboxylic acids is 1. The normalized spacial score (nSPS) is 16.7. The summed E-state index contributed by atoms with van der Waals surface area (Å²) in [6, 6.07) is 12.3. The molecule has 180 valence electrons. The highest BCUT2D eigenvalue weighted by atomic mass is 32.2. The Morgan fingerprint density at radius 2 is 1.58 bits per heavy atom. The monoisotopic (exact) mass is 471 g/mol. The molecule has 0 aliphatic carbocycles. The highest BCUT2D eigenvalue weighted by molar-refractivity contribution is 7.89. The van der Waals surface area contributed by atoms with Crippen molar-refractivity contribution in [3.63, 3.8) is 0 Å². The van der Waals surface area contributed by atoms with Crippen LogP contribution in [-0.4, -0.2) is 57.3 Å². The van der Waals surface area contributed by atoms with Crippen LogP contribution >= 0.6 is 0 Å². The van der Waals surface area contributed by atoms with Gasteiger partial charge in [-0.25, -0.2) is 8.42 Å². The summed E-state index contributed by atoms with van der Waals surface area (Å²) in [4.78, 5) is 15.4. The summed E-state index contributed by atoms with van der Waals surface area (Å²) in [6.07, 6.45) is 1.07. The fraction of sp³-hybridized carbons (Fsp3) is 0.500. The number of carbonyl (C=O) groups is 1. The Hall–Kier alpha value is -2.22. The number of amides is 1. The Labute approximate surface area is 199 Å². The van der Waals surface area contributed by atoms with Crippen molar-refractivity contribution in [1.29, 1.82) is 0 Å². The second-order valence-corrected chi connectivity index (χ2v) is 11.3. The van der Waals surface area contributed by atoms with Crippen LogP contribution in [0.5, 0.6) is 0 Å². The van der Waals surface area contributed by atoms with Gasteiger partial charge >= 0.3 is 0 Å². The molecule has 2 aromatic rings. The van der Waals surface area contributed by atoms with Crippen LogP contribution < -0.4 is 5.32 Å². The van der Waals surface area contributed by atoms with Crippen LogP contribution in [0.3, 0.4) is 0 Å². The maximum Gasteiger partial charge on any atom is 0.243 e. The van der Waals surface area contributed by atoms with Gasteiger partial charge < -0.3 is 10.2 Å². The quantitative estimate of drug-likeness (QED) is 0.668. The summed E-state index contributed by atoms with van der Waals surface area (Å²) < 4.78 is 28.5. The van der Waals surface area contributed by atoms with Crippen molar-refractivity contribution in [2.75, 3.05) is 33.7 Å². The number of hydrogen-bond acceptors (Lipinski definition) is 4. The van der Waals surface area contributed by atoms with Gasteiger partial charge in [0.25, 0.3) is 0 Å². The minimum atomic E-state index is -3.60. The van der Waals surface area contributed by atoms with Crippen LogP contribution in [0.25, 0.3) is 0 Å². The smallest absolute Gasteiger partial charge is 0.243 e. The number of rotatable bonds is 7. The average Bonchev–Trinajstić information content (AvgIpc) is 2.78. The van der Waals surface area contributed by atoms with Gasteiger partial charge in [0.1, 0.15) is 0 Å². The molecule has 1 heterocycles. The lowest BCUT2D eigenvalue weighted by Gasteiger charge is -2.32. The lowest BCUT2D eigenvalue weighted by molar-refractivity contribution is -0.126. The molecule has 0 saturated carbocycles. The second kappa shape index (κ2) is 10.4. The number of piperidine rings is 1. The largest absolute Gasteiger partial charge is 0.354 e. The van der Waals surface area contributed by atoms with Crippen molar-refractivity contribution < 1.29 is 13.2 Å². The fourth-order valence-corrected chi connectivity index (χ4v) is 6.72. The first-order valence-electron chi connectivity index (χ1n) is 11.6. The molecule has 1 N–H and O–H groups in total. The third kappa shape index (κ3) is 5.48. The molecule has 2 aromatic carbocycles. The summed E-state index contributed by atoms with van der Waals surface area (Å²) in [6.45, 7) is 8.91. The maximum atomic E-state index is 13.5.